The molecule has 1 heteroatoms. The molecule has 0 aromatic heterocycles. The van der Waals surface area contributed by atoms with E-state index in [4.69, 9.17) is 0 Å². The van der Waals surface area contributed by atoms with Crippen molar-refractivity contribution in [2.45, 2.75) is 39.0 Å². The molecule has 112 valence electrons. The smallest absolute Gasteiger partial charge is 0.00919 e. The second-order valence-electron chi connectivity index (χ2n) is 5.81. The van der Waals surface area contributed by atoms with Gasteiger partial charge in [-0.3, -0.25) is 0 Å². The van der Waals surface area contributed by atoms with Crippen LogP contribution in [0.3, 0.4) is 0 Å². The van der Waals surface area contributed by atoms with Crippen molar-refractivity contribution in [3.05, 3.63) is 70.8 Å². The normalized spacial score (nSPS) is 12.3. The third-order valence-electron chi connectivity index (χ3n) is 4.10. The van der Waals surface area contributed by atoms with Gasteiger partial charge < -0.3 is 5.32 Å². The second-order valence-corrected chi connectivity index (χ2v) is 5.81. The first-order chi connectivity index (χ1) is 10.3. The van der Waals surface area contributed by atoms with E-state index in [0.29, 0.717) is 5.92 Å². The van der Waals surface area contributed by atoms with E-state index in [1.807, 2.05) is 7.05 Å². The van der Waals surface area contributed by atoms with Crippen molar-refractivity contribution in [2.24, 2.45) is 0 Å². The Labute approximate surface area is 129 Å². The number of benzene rings is 2. The van der Waals surface area contributed by atoms with Crippen molar-refractivity contribution < 1.29 is 0 Å². The summed E-state index contributed by atoms with van der Waals surface area (Å²) >= 11 is 0. The highest BCUT2D eigenvalue weighted by molar-refractivity contribution is 5.40. The molecule has 1 atom stereocenters. The van der Waals surface area contributed by atoms with E-state index >= 15 is 0 Å². The maximum absolute atomic E-state index is 3.27. The van der Waals surface area contributed by atoms with E-state index in [2.05, 4.69) is 67.7 Å². The molecule has 0 aliphatic rings. The van der Waals surface area contributed by atoms with Crippen LogP contribution in [0.5, 0.6) is 0 Å². The van der Waals surface area contributed by atoms with Gasteiger partial charge >= 0.3 is 0 Å². The minimum atomic E-state index is 0.517. The van der Waals surface area contributed by atoms with Crippen LogP contribution >= 0.6 is 0 Å². The lowest BCUT2D eigenvalue weighted by molar-refractivity contribution is 0.685. The van der Waals surface area contributed by atoms with Crippen molar-refractivity contribution in [2.75, 3.05) is 13.6 Å². The summed E-state index contributed by atoms with van der Waals surface area (Å²) in [6.07, 6.45) is 3.51. The van der Waals surface area contributed by atoms with Gasteiger partial charge in [-0.05, 0) is 50.0 Å². The fourth-order valence-electron chi connectivity index (χ4n) is 3.03. The van der Waals surface area contributed by atoms with E-state index < -0.39 is 0 Å². The number of nitrogens with one attached hydrogen (secondary N) is 1. The highest BCUT2D eigenvalue weighted by atomic mass is 14.8. The first kappa shape index (κ1) is 15.8. The zero-order chi connectivity index (χ0) is 15.1. The van der Waals surface area contributed by atoms with E-state index in [1.165, 1.54) is 35.1 Å². The van der Waals surface area contributed by atoms with Crippen LogP contribution in [0.25, 0.3) is 0 Å². The maximum Gasteiger partial charge on any atom is 0.00919 e. The third-order valence-corrected chi connectivity index (χ3v) is 4.10. The average molecular weight is 281 g/mol. The van der Waals surface area contributed by atoms with Crippen LogP contribution in [0.2, 0.25) is 0 Å². The zero-order valence-electron chi connectivity index (χ0n) is 13.5. The van der Waals surface area contributed by atoms with Gasteiger partial charge in [-0.2, -0.15) is 0 Å². The van der Waals surface area contributed by atoms with Crippen LogP contribution in [0, 0.1) is 6.92 Å². The van der Waals surface area contributed by atoms with Crippen LogP contribution in [0.15, 0.2) is 48.5 Å². The molecular formula is C20H27N. The molecule has 0 heterocycles. The number of aryl methyl sites for hydroxylation is 1. The molecule has 1 N–H and O–H groups in total. The first-order valence-corrected chi connectivity index (χ1v) is 8.05. The van der Waals surface area contributed by atoms with Crippen molar-refractivity contribution in [3.63, 3.8) is 0 Å². The lowest BCUT2D eigenvalue weighted by atomic mass is 9.83. The lowest BCUT2D eigenvalue weighted by Crippen LogP contribution is -2.13. The molecule has 21 heavy (non-hydrogen) atoms. The molecule has 0 spiro atoms. The second kappa shape index (κ2) is 7.99. The maximum atomic E-state index is 3.27. The highest BCUT2D eigenvalue weighted by Crippen LogP contribution is 2.32. The molecule has 0 aliphatic heterocycles. The molecule has 2 aromatic rings. The predicted molar refractivity (Wildman–Crippen MR) is 92.0 cm³/mol. The third kappa shape index (κ3) is 4.18. The van der Waals surface area contributed by atoms with E-state index in [-0.39, 0.29) is 0 Å². The van der Waals surface area contributed by atoms with Crippen LogP contribution in [0.4, 0.5) is 0 Å². The SMILES string of the molecule is CCC[C@H](c1ccccc1)c1ccc(C)cc1CCNC. The Morgan fingerprint density at radius 1 is 1.05 bits per heavy atom. The van der Waals surface area contributed by atoms with Crippen molar-refractivity contribution in [1.82, 2.24) is 5.32 Å². The molecule has 0 radical (unpaired) electrons. The Kier molecular flexibility index (Phi) is 6.01. The molecule has 0 amide bonds. The number of likely N-dealkylation sites (N-methyl/N-ethyl adjacent to an activating group) is 1. The van der Waals surface area contributed by atoms with Gasteiger partial charge in [0.2, 0.25) is 0 Å². The summed E-state index contributed by atoms with van der Waals surface area (Å²) in [6, 6.07) is 17.9. The molecule has 0 saturated heterocycles. The van der Waals surface area contributed by atoms with E-state index in [0.717, 1.165) is 13.0 Å². The summed E-state index contributed by atoms with van der Waals surface area (Å²) in [4.78, 5) is 0. The number of hydrogen-bond acceptors (Lipinski definition) is 1. The molecule has 0 bridgehead atoms. The van der Waals surface area contributed by atoms with Gasteiger partial charge in [0.05, 0.1) is 0 Å². The van der Waals surface area contributed by atoms with Crippen molar-refractivity contribution in [3.8, 4) is 0 Å². The van der Waals surface area contributed by atoms with Gasteiger partial charge in [-0.25, -0.2) is 0 Å². The van der Waals surface area contributed by atoms with Gasteiger partial charge in [0, 0.05) is 5.92 Å². The Balaban J connectivity index is 2.39. The Morgan fingerprint density at radius 2 is 1.81 bits per heavy atom. The average Bonchev–Trinajstić information content (AvgIpc) is 2.52. The standard InChI is InChI=1S/C20H27N/c1-4-8-19(17-9-6-5-7-10-17)20-12-11-16(2)15-18(20)13-14-21-3/h5-7,9-12,15,19,21H,4,8,13-14H2,1-3H3/t19-/m1/s1. The van der Waals surface area contributed by atoms with E-state index in [1.54, 1.807) is 0 Å². The first-order valence-electron chi connectivity index (χ1n) is 8.05. The summed E-state index contributed by atoms with van der Waals surface area (Å²) in [5.74, 6) is 0.517. The molecule has 2 aromatic carbocycles. The van der Waals surface area contributed by atoms with Crippen LogP contribution in [0.1, 0.15) is 47.9 Å². The molecular weight excluding hydrogens is 254 g/mol. The number of rotatable bonds is 7. The fourth-order valence-corrected chi connectivity index (χ4v) is 3.03. The molecule has 0 unspecified atom stereocenters. The van der Waals surface area contributed by atoms with Crippen molar-refractivity contribution >= 4 is 0 Å². The van der Waals surface area contributed by atoms with Gasteiger partial charge in [0.1, 0.15) is 0 Å². The van der Waals surface area contributed by atoms with Crippen LogP contribution < -0.4 is 5.32 Å². The van der Waals surface area contributed by atoms with E-state index in [9.17, 15) is 0 Å². The summed E-state index contributed by atoms with van der Waals surface area (Å²) in [5, 5.41) is 3.27. The molecule has 0 aliphatic carbocycles. The molecule has 0 fully saturated rings. The lowest BCUT2D eigenvalue weighted by Gasteiger charge is -2.21. The van der Waals surface area contributed by atoms with Crippen LogP contribution in [-0.2, 0) is 6.42 Å². The van der Waals surface area contributed by atoms with Crippen molar-refractivity contribution in [1.29, 1.82) is 0 Å². The zero-order valence-corrected chi connectivity index (χ0v) is 13.5. The van der Waals surface area contributed by atoms with Gasteiger partial charge in [-0.1, -0.05) is 67.4 Å². The fraction of sp³-hybridized carbons (Fsp3) is 0.400. The Hall–Kier alpha value is -1.60. The Morgan fingerprint density at radius 3 is 2.48 bits per heavy atom. The topological polar surface area (TPSA) is 12.0 Å². The Bertz CT molecular complexity index is 545. The largest absolute Gasteiger partial charge is 0.319 e. The quantitative estimate of drug-likeness (QED) is 0.776. The van der Waals surface area contributed by atoms with Gasteiger partial charge in [0.15, 0.2) is 0 Å². The minimum Gasteiger partial charge on any atom is -0.319 e. The molecule has 0 saturated carbocycles. The van der Waals surface area contributed by atoms with Gasteiger partial charge in [0.25, 0.3) is 0 Å². The summed E-state index contributed by atoms with van der Waals surface area (Å²) in [5.41, 5.74) is 5.79. The minimum absolute atomic E-state index is 0.517. The number of hydrogen-bond donors (Lipinski definition) is 1. The van der Waals surface area contributed by atoms with Gasteiger partial charge in [-0.15, -0.1) is 0 Å². The summed E-state index contributed by atoms with van der Waals surface area (Å²) in [7, 11) is 2.02. The predicted octanol–water partition coefficient (Wildman–Crippen LogP) is 4.69. The molecule has 1 nitrogen and oxygen atoms in total. The molecule has 2 rings (SSSR count). The summed E-state index contributed by atoms with van der Waals surface area (Å²) < 4.78 is 0. The summed E-state index contributed by atoms with van der Waals surface area (Å²) in [6.45, 7) is 5.49. The highest BCUT2D eigenvalue weighted by Gasteiger charge is 2.16. The monoisotopic (exact) mass is 281 g/mol. The van der Waals surface area contributed by atoms with Crippen LogP contribution in [-0.4, -0.2) is 13.6 Å².